The minimum atomic E-state index is -0.0172. The normalized spacial score (nSPS) is 15.3. The Morgan fingerprint density at radius 3 is 2.83 bits per heavy atom. The van der Waals surface area contributed by atoms with Crippen LogP contribution in [0.2, 0.25) is 0 Å². The second-order valence-electron chi connectivity index (χ2n) is 5.35. The highest BCUT2D eigenvalue weighted by molar-refractivity contribution is 5.97. The van der Waals surface area contributed by atoms with Crippen LogP contribution in [0.4, 0.5) is 5.69 Å². The molecule has 4 nitrogen and oxygen atoms in total. The molecule has 0 saturated carbocycles. The lowest BCUT2D eigenvalue weighted by Gasteiger charge is -2.30. The molecule has 98 valence electrons. The first-order chi connectivity index (χ1) is 8.45. The topological polar surface area (TPSA) is 55.6 Å². The van der Waals surface area contributed by atoms with Gasteiger partial charge in [-0.25, -0.2) is 0 Å². The van der Waals surface area contributed by atoms with Gasteiger partial charge in [0.1, 0.15) is 5.75 Å². The van der Waals surface area contributed by atoms with E-state index in [0.29, 0.717) is 6.54 Å². The van der Waals surface area contributed by atoms with Gasteiger partial charge in [-0.15, -0.1) is 0 Å². The maximum Gasteiger partial charge on any atom is 0.264 e. The van der Waals surface area contributed by atoms with E-state index in [0.717, 1.165) is 17.9 Å². The predicted octanol–water partition coefficient (Wildman–Crippen LogP) is 1.67. The van der Waals surface area contributed by atoms with Gasteiger partial charge in [0.2, 0.25) is 0 Å². The Balaban J connectivity index is 2.36. The standard InChI is InChI=1S/C14H20N2O2/c1-14(2,6-7-15)10-4-5-11-12(8-10)18-9-13(17)16(11)3/h4-5,8H,6-7,9,15H2,1-3H3. The summed E-state index contributed by atoms with van der Waals surface area (Å²) in [4.78, 5) is 13.2. The Bertz CT molecular complexity index is 469. The van der Waals surface area contributed by atoms with Crippen molar-refractivity contribution in [2.75, 3.05) is 25.1 Å². The SMILES string of the molecule is CN1C(=O)COc2cc(C(C)(C)CCN)ccc21. The minimum absolute atomic E-state index is 0.0172. The van der Waals surface area contributed by atoms with E-state index < -0.39 is 0 Å². The monoisotopic (exact) mass is 248 g/mol. The first kappa shape index (κ1) is 12.9. The van der Waals surface area contributed by atoms with Crippen LogP contribution in [0.5, 0.6) is 5.75 Å². The van der Waals surface area contributed by atoms with Crippen molar-refractivity contribution in [3.05, 3.63) is 23.8 Å². The molecule has 1 heterocycles. The van der Waals surface area contributed by atoms with Crippen molar-refractivity contribution in [3.63, 3.8) is 0 Å². The molecule has 0 radical (unpaired) electrons. The number of fused-ring (bicyclic) bond motifs is 1. The number of likely N-dealkylation sites (N-methyl/N-ethyl adjacent to an activating group) is 1. The van der Waals surface area contributed by atoms with E-state index in [1.54, 1.807) is 11.9 Å². The number of hydrogen-bond donors (Lipinski definition) is 1. The summed E-state index contributed by atoms with van der Waals surface area (Å²) in [7, 11) is 1.77. The highest BCUT2D eigenvalue weighted by atomic mass is 16.5. The van der Waals surface area contributed by atoms with Crippen LogP contribution in [0.15, 0.2) is 18.2 Å². The molecule has 1 amide bonds. The molecular weight excluding hydrogens is 228 g/mol. The highest BCUT2D eigenvalue weighted by Gasteiger charge is 2.26. The van der Waals surface area contributed by atoms with Crippen LogP contribution in [0.1, 0.15) is 25.8 Å². The van der Waals surface area contributed by atoms with E-state index in [9.17, 15) is 4.79 Å². The van der Waals surface area contributed by atoms with Crippen LogP contribution in [-0.4, -0.2) is 26.1 Å². The lowest BCUT2D eigenvalue weighted by molar-refractivity contribution is -0.120. The third kappa shape index (κ3) is 2.20. The minimum Gasteiger partial charge on any atom is -0.482 e. The Kier molecular flexibility index (Phi) is 3.30. The van der Waals surface area contributed by atoms with E-state index in [2.05, 4.69) is 13.8 Å². The molecular formula is C14H20N2O2. The first-order valence-corrected chi connectivity index (χ1v) is 6.19. The van der Waals surface area contributed by atoms with Crippen molar-refractivity contribution in [2.24, 2.45) is 5.73 Å². The highest BCUT2D eigenvalue weighted by Crippen LogP contribution is 2.36. The van der Waals surface area contributed by atoms with Gasteiger partial charge in [0.25, 0.3) is 5.91 Å². The van der Waals surface area contributed by atoms with Crippen LogP contribution in [0.3, 0.4) is 0 Å². The van der Waals surface area contributed by atoms with Crippen molar-refractivity contribution in [1.82, 2.24) is 0 Å². The summed E-state index contributed by atoms with van der Waals surface area (Å²) in [6, 6.07) is 6.01. The average Bonchev–Trinajstić information content (AvgIpc) is 2.33. The summed E-state index contributed by atoms with van der Waals surface area (Å²) in [5.41, 5.74) is 7.69. The van der Waals surface area contributed by atoms with E-state index in [1.807, 2.05) is 18.2 Å². The largest absolute Gasteiger partial charge is 0.482 e. The lowest BCUT2D eigenvalue weighted by Crippen LogP contribution is -2.35. The average molecular weight is 248 g/mol. The van der Waals surface area contributed by atoms with Gasteiger partial charge in [-0.1, -0.05) is 19.9 Å². The molecule has 1 aromatic rings. The molecule has 2 rings (SSSR count). The molecule has 0 aromatic heterocycles. The first-order valence-electron chi connectivity index (χ1n) is 6.19. The van der Waals surface area contributed by atoms with E-state index in [-0.39, 0.29) is 17.9 Å². The molecule has 2 N–H and O–H groups in total. The van der Waals surface area contributed by atoms with Crippen LogP contribution in [0, 0.1) is 0 Å². The third-order valence-electron chi connectivity index (χ3n) is 3.60. The summed E-state index contributed by atoms with van der Waals surface area (Å²) in [5.74, 6) is 0.760. The number of benzene rings is 1. The molecule has 1 aliphatic heterocycles. The smallest absolute Gasteiger partial charge is 0.264 e. The molecule has 4 heteroatoms. The lowest BCUT2D eigenvalue weighted by atomic mass is 9.81. The van der Waals surface area contributed by atoms with Gasteiger partial charge in [-0.3, -0.25) is 4.79 Å². The Morgan fingerprint density at radius 2 is 2.17 bits per heavy atom. The number of hydrogen-bond acceptors (Lipinski definition) is 3. The second-order valence-corrected chi connectivity index (χ2v) is 5.35. The number of nitrogens with zero attached hydrogens (tertiary/aromatic N) is 1. The molecule has 18 heavy (non-hydrogen) atoms. The molecule has 0 bridgehead atoms. The molecule has 0 fully saturated rings. The zero-order valence-electron chi connectivity index (χ0n) is 11.2. The quantitative estimate of drug-likeness (QED) is 0.885. The van der Waals surface area contributed by atoms with Gasteiger partial charge < -0.3 is 15.4 Å². The van der Waals surface area contributed by atoms with Crippen LogP contribution < -0.4 is 15.4 Å². The van der Waals surface area contributed by atoms with Crippen molar-refractivity contribution in [1.29, 1.82) is 0 Å². The van der Waals surface area contributed by atoms with Gasteiger partial charge in [-0.2, -0.15) is 0 Å². The molecule has 0 spiro atoms. The van der Waals surface area contributed by atoms with Crippen LogP contribution in [0.25, 0.3) is 0 Å². The Hall–Kier alpha value is -1.55. The van der Waals surface area contributed by atoms with E-state index >= 15 is 0 Å². The summed E-state index contributed by atoms with van der Waals surface area (Å²) in [6.45, 7) is 5.10. The number of anilines is 1. The molecule has 1 aliphatic rings. The van der Waals surface area contributed by atoms with Crippen LogP contribution in [-0.2, 0) is 10.2 Å². The maximum absolute atomic E-state index is 11.5. The van der Waals surface area contributed by atoms with Gasteiger partial charge in [-0.05, 0) is 36.1 Å². The number of carbonyl (C=O) groups is 1. The summed E-state index contributed by atoms with van der Waals surface area (Å²) in [6.07, 6.45) is 0.917. The number of carbonyl (C=O) groups excluding carboxylic acids is 1. The summed E-state index contributed by atoms with van der Waals surface area (Å²) in [5, 5.41) is 0. The van der Waals surface area contributed by atoms with Gasteiger partial charge >= 0.3 is 0 Å². The molecule has 0 aliphatic carbocycles. The fraction of sp³-hybridized carbons (Fsp3) is 0.500. The zero-order valence-corrected chi connectivity index (χ0v) is 11.2. The van der Waals surface area contributed by atoms with Gasteiger partial charge in [0.05, 0.1) is 5.69 Å². The predicted molar refractivity (Wildman–Crippen MR) is 72.0 cm³/mol. The third-order valence-corrected chi connectivity index (χ3v) is 3.60. The van der Waals surface area contributed by atoms with Gasteiger partial charge in [0, 0.05) is 7.05 Å². The van der Waals surface area contributed by atoms with Crippen molar-refractivity contribution in [2.45, 2.75) is 25.7 Å². The maximum atomic E-state index is 11.5. The Labute approximate surface area is 108 Å². The molecule has 0 atom stereocenters. The summed E-state index contributed by atoms with van der Waals surface area (Å²) < 4.78 is 5.50. The number of amides is 1. The van der Waals surface area contributed by atoms with Gasteiger partial charge in [0.15, 0.2) is 6.61 Å². The fourth-order valence-electron chi connectivity index (χ4n) is 2.20. The van der Waals surface area contributed by atoms with Crippen molar-refractivity contribution >= 4 is 11.6 Å². The van der Waals surface area contributed by atoms with Crippen molar-refractivity contribution < 1.29 is 9.53 Å². The Morgan fingerprint density at radius 1 is 1.44 bits per heavy atom. The second kappa shape index (κ2) is 4.61. The number of ether oxygens (including phenoxy) is 1. The molecule has 0 unspecified atom stereocenters. The number of nitrogens with two attached hydrogens (primary N) is 1. The fourth-order valence-corrected chi connectivity index (χ4v) is 2.20. The van der Waals surface area contributed by atoms with Crippen molar-refractivity contribution in [3.8, 4) is 5.75 Å². The van der Waals surface area contributed by atoms with Crippen LogP contribution >= 0.6 is 0 Å². The summed E-state index contributed by atoms with van der Waals surface area (Å²) >= 11 is 0. The molecule has 0 saturated heterocycles. The molecule has 1 aromatic carbocycles. The van der Waals surface area contributed by atoms with E-state index in [1.165, 1.54) is 5.56 Å². The van der Waals surface area contributed by atoms with E-state index in [4.69, 9.17) is 10.5 Å². The zero-order chi connectivity index (χ0) is 13.3. The number of rotatable bonds is 3.